The molecule has 0 bridgehead atoms. The Morgan fingerprint density at radius 3 is 2.50 bits per heavy atom. The first-order valence-corrected chi connectivity index (χ1v) is 15.1. The van der Waals surface area contributed by atoms with E-state index < -0.39 is 22.0 Å². The second kappa shape index (κ2) is 12.0. The maximum Gasteiger partial charge on any atom is 0.421 e. The number of nitrogens with two attached hydrogens (primary N) is 1. The van der Waals surface area contributed by atoms with Crippen molar-refractivity contribution in [3.8, 4) is 23.1 Å². The molecular formula is C29H28N6O8S. The molecule has 2 heterocycles. The van der Waals surface area contributed by atoms with Gasteiger partial charge in [-0.2, -0.15) is 4.98 Å². The minimum absolute atomic E-state index is 0.0339. The van der Waals surface area contributed by atoms with Crippen LogP contribution in [0.25, 0.3) is 21.9 Å². The van der Waals surface area contributed by atoms with Crippen molar-refractivity contribution in [3.05, 3.63) is 72.3 Å². The number of amides is 1. The Bertz CT molecular complexity index is 2010. The average Bonchev–Trinajstić information content (AvgIpc) is 3.41. The summed E-state index contributed by atoms with van der Waals surface area (Å²) in [4.78, 5) is 37.3. The summed E-state index contributed by atoms with van der Waals surface area (Å²) in [6.07, 6.45) is 2.69. The predicted molar refractivity (Wildman–Crippen MR) is 160 cm³/mol. The minimum atomic E-state index is -3.78. The Labute approximate surface area is 251 Å². The number of phenols is 1. The van der Waals surface area contributed by atoms with Crippen molar-refractivity contribution < 1.29 is 37.3 Å². The summed E-state index contributed by atoms with van der Waals surface area (Å²) in [5, 5.41) is 11.3. The number of carbonyl (C=O) groups excluding carboxylic acids is 2. The molecule has 0 atom stereocenters. The molecule has 0 aliphatic carbocycles. The SMILES string of the molecule is CC(C)COc1ncnc2c1ncn2C(=O)OCc1ccc(Oc2cc(C(N)=O)c(O)c3ccccc23)c(NS(C)(=O)=O)c1. The van der Waals surface area contributed by atoms with E-state index in [1.165, 1.54) is 30.9 Å². The highest BCUT2D eigenvalue weighted by Gasteiger charge is 2.20. The molecule has 3 aromatic carbocycles. The molecule has 0 aliphatic rings. The van der Waals surface area contributed by atoms with Crippen LogP contribution in [0.2, 0.25) is 0 Å². The molecule has 5 aromatic rings. The third-order valence-electron chi connectivity index (χ3n) is 6.22. The van der Waals surface area contributed by atoms with E-state index in [4.69, 9.17) is 19.9 Å². The van der Waals surface area contributed by atoms with Crippen molar-refractivity contribution >= 4 is 49.6 Å². The number of hydrogen-bond acceptors (Lipinski definition) is 11. The van der Waals surface area contributed by atoms with Crippen molar-refractivity contribution in [1.82, 2.24) is 19.5 Å². The maximum atomic E-state index is 12.9. The van der Waals surface area contributed by atoms with Gasteiger partial charge in [0, 0.05) is 10.8 Å². The van der Waals surface area contributed by atoms with Gasteiger partial charge in [-0.15, -0.1) is 0 Å². The largest absolute Gasteiger partial charge is 0.506 e. The number of benzene rings is 3. The molecule has 0 spiro atoms. The first kappa shape index (κ1) is 30.0. The number of anilines is 1. The lowest BCUT2D eigenvalue weighted by atomic mass is 10.0. The van der Waals surface area contributed by atoms with Crippen LogP contribution in [0.15, 0.2) is 61.2 Å². The zero-order valence-electron chi connectivity index (χ0n) is 23.8. The third-order valence-corrected chi connectivity index (χ3v) is 6.81. The van der Waals surface area contributed by atoms with Crippen LogP contribution in [0.5, 0.6) is 23.1 Å². The summed E-state index contributed by atoms with van der Waals surface area (Å²) in [5.74, 6) is -0.466. The highest BCUT2D eigenvalue weighted by Crippen LogP contribution is 2.40. The first-order chi connectivity index (χ1) is 20.9. The number of hydrogen-bond donors (Lipinski definition) is 3. The van der Waals surface area contributed by atoms with Gasteiger partial charge in [0.2, 0.25) is 15.9 Å². The van der Waals surface area contributed by atoms with Crippen LogP contribution in [-0.4, -0.2) is 57.9 Å². The summed E-state index contributed by atoms with van der Waals surface area (Å²) in [5.41, 5.74) is 6.23. The van der Waals surface area contributed by atoms with E-state index in [1.54, 1.807) is 30.3 Å². The van der Waals surface area contributed by atoms with Crippen LogP contribution in [-0.2, 0) is 21.4 Å². The van der Waals surface area contributed by atoms with Gasteiger partial charge in [0.1, 0.15) is 30.8 Å². The number of aromatic hydroxyl groups is 1. The highest BCUT2D eigenvalue weighted by atomic mass is 32.2. The van der Waals surface area contributed by atoms with Crippen LogP contribution in [0.4, 0.5) is 10.5 Å². The van der Waals surface area contributed by atoms with Crippen LogP contribution < -0.4 is 19.9 Å². The lowest BCUT2D eigenvalue weighted by Gasteiger charge is -2.16. The Hall–Kier alpha value is -5.44. The van der Waals surface area contributed by atoms with E-state index in [-0.39, 0.29) is 52.6 Å². The van der Waals surface area contributed by atoms with Crippen molar-refractivity contribution in [3.63, 3.8) is 0 Å². The van der Waals surface area contributed by atoms with E-state index in [9.17, 15) is 23.1 Å². The predicted octanol–water partition coefficient (Wildman–Crippen LogP) is 4.17. The number of fused-ring (bicyclic) bond motifs is 2. The van der Waals surface area contributed by atoms with Gasteiger partial charge in [-0.1, -0.05) is 44.2 Å². The molecule has 0 unspecified atom stereocenters. The molecule has 44 heavy (non-hydrogen) atoms. The van der Waals surface area contributed by atoms with E-state index >= 15 is 0 Å². The zero-order valence-corrected chi connectivity index (χ0v) is 24.7. The third kappa shape index (κ3) is 6.47. The van der Waals surface area contributed by atoms with Crippen LogP contribution in [0.1, 0.15) is 29.8 Å². The lowest BCUT2D eigenvalue weighted by Crippen LogP contribution is -2.14. The number of primary amides is 1. The Morgan fingerprint density at radius 1 is 1.05 bits per heavy atom. The highest BCUT2D eigenvalue weighted by molar-refractivity contribution is 7.92. The molecule has 0 radical (unpaired) electrons. The second-order valence-electron chi connectivity index (χ2n) is 10.2. The summed E-state index contributed by atoms with van der Waals surface area (Å²) in [6.45, 7) is 4.13. The fourth-order valence-electron chi connectivity index (χ4n) is 4.27. The molecule has 0 aliphatic heterocycles. The fourth-order valence-corrected chi connectivity index (χ4v) is 4.82. The van der Waals surface area contributed by atoms with Crippen molar-refractivity contribution in [1.29, 1.82) is 0 Å². The van der Waals surface area contributed by atoms with E-state index in [2.05, 4.69) is 19.7 Å². The van der Waals surface area contributed by atoms with Crippen LogP contribution in [0.3, 0.4) is 0 Å². The monoisotopic (exact) mass is 620 g/mol. The van der Waals surface area contributed by atoms with Gasteiger partial charge in [-0.3, -0.25) is 9.52 Å². The van der Waals surface area contributed by atoms with Crippen molar-refractivity contribution in [2.45, 2.75) is 20.5 Å². The van der Waals surface area contributed by atoms with Crippen LogP contribution in [0, 0.1) is 5.92 Å². The number of nitrogens with zero attached hydrogens (tertiary/aromatic N) is 4. The van der Waals surface area contributed by atoms with Crippen molar-refractivity contribution in [2.75, 3.05) is 17.6 Å². The number of carbonyl (C=O) groups is 2. The second-order valence-corrected chi connectivity index (χ2v) is 12.0. The lowest BCUT2D eigenvalue weighted by molar-refractivity contribution is 0.0997. The molecular weight excluding hydrogens is 592 g/mol. The Morgan fingerprint density at radius 2 is 1.80 bits per heavy atom. The summed E-state index contributed by atoms with van der Waals surface area (Å²) in [6, 6.07) is 12.4. The van der Waals surface area contributed by atoms with Gasteiger partial charge in [0.05, 0.1) is 24.1 Å². The zero-order chi connectivity index (χ0) is 31.6. The average molecular weight is 621 g/mol. The van der Waals surface area contributed by atoms with Gasteiger partial charge in [-0.05, 0) is 29.7 Å². The maximum absolute atomic E-state index is 12.9. The molecule has 228 valence electrons. The summed E-state index contributed by atoms with van der Waals surface area (Å²) < 4.78 is 45.1. The Balaban J connectivity index is 1.41. The number of ether oxygens (including phenoxy) is 3. The van der Waals surface area contributed by atoms with Gasteiger partial charge in [0.25, 0.3) is 5.91 Å². The number of nitrogens with one attached hydrogen (secondary N) is 1. The molecule has 5 rings (SSSR count). The molecule has 15 heteroatoms. The summed E-state index contributed by atoms with van der Waals surface area (Å²) >= 11 is 0. The topological polar surface area (TPSA) is 198 Å². The van der Waals surface area contributed by atoms with Gasteiger partial charge >= 0.3 is 6.09 Å². The minimum Gasteiger partial charge on any atom is -0.506 e. The van der Waals surface area contributed by atoms with Gasteiger partial charge < -0.3 is 25.1 Å². The van der Waals surface area contributed by atoms with Crippen LogP contribution >= 0.6 is 0 Å². The van der Waals surface area contributed by atoms with E-state index in [0.717, 1.165) is 10.8 Å². The molecule has 0 fully saturated rings. The fraction of sp³-hybridized carbons (Fsp3) is 0.207. The Kier molecular flexibility index (Phi) is 8.22. The molecule has 0 saturated heterocycles. The van der Waals surface area contributed by atoms with E-state index in [0.29, 0.717) is 28.5 Å². The first-order valence-electron chi connectivity index (χ1n) is 13.2. The smallest absolute Gasteiger partial charge is 0.421 e. The van der Waals surface area contributed by atoms with Crippen molar-refractivity contribution in [2.24, 2.45) is 11.7 Å². The van der Waals surface area contributed by atoms with Gasteiger partial charge in [-0.25, -0.2) is 27.7 Å². The number of sulfonamides is 1. The molecule has 4 N–H and O–H groups in total. The number of imidazole rings is 1. The number of rotatable bonds is 10. The standard InChI is InChI=1S/C29H28N6O8S/c1-16(2)12-41-28-24-27(31-14-32-28)35(15-33-24)29(38)42-13-17-8-9-22(21(10-17)34-44(3,39)40)43-23-11-20(26(30)37)25(36)19-7-5-4-6-18(19)23/h4-11,14-16,34,36H,12-13H2,1-3H3,(H2,30,37). The van der Waals surface area contributed by atoms with E-state index in [1.807, 2.05) is 13.8 Å². The van der Waals surface area contributed by atoms with Gasteiger partial charge in [0.15, 0.2) is 16.9 Å². The molecule has 1 amide bonds. The molecule has 2 aromatic heterocycles. The normalized spacial score (nSPS) is 11.5. The molecule has 14 nitrogen and oxygen atoms in total. The molecule has 0 saturated carbocycles. The summed E-state index contributed by atoms with van der Waals surface area (Å²) in [7, 11) is -3.78. The number of aromatic nitrogens is 4. The quantitative estimate of drug-likeness (QED) is 0.203.